The van der Waals surface area contributed by atoms with Crippen LogP contribution in [-0.4, -0.2) is 33.2 Å². The molecule has 0 radical (unpaired) electrons. The van der Waals surface area contributed by atoms with Gasteiger partial charge < -0.3 is 20.5 Å². The maximum absolute atomic E-state index is 11.1. The number of ether oxygens (including phenoxy) is 2. The Labute approximate surface area is 114 Å². The molecule has 0 fully saturated rings. The maximum atomic E-state index is 11.1. The first-order chi connectivity index (χ1) is 9.21. The molecule has 3 N–H and O–H groups in total. The molecule has 0 aliphatic rings. The summed E-state index contributed by atoms with van der Waals surface area (Å²) < 4.78 is 10.9. The van der Waals surface area contributed by atoms with Crippen molar-refractivity contribution >= 4 is 5.91 Å². The van der Waals surface area contributed by atoms with Crippen LogP contribution >= 0.6 is 0 Å². The summed E-state index contributed by atoms with van der Waals surface area (Å²) in [6.07, 6.45) is 1.95. The molecule has 5 heteroatoms. The van der Waals surface area contributed by atoms with E-state index in [1.54, 1.807) is 14.2 Å². The number of benzene rings is 1. The van der Waals surface area contributed by atoms with Crippen LogP contribution in [-0.2, 0) is 11.2 Å². The van der Waals surface area contributed by atoms with E-state index in [2.05, 4.69) is 5.32 Å². The van der Waals surface area contributed by atoms with Gasteiger partial charge in [0.25, 0.3) is 0 Å². The van der Waals surface area contributed by atoms with E-state index in [1.807, 2.05) is 18.2 Å². The summed E-state index contributed by atoms with van der Waals surface area (Å²) in [6, 6.07) is 5.79. The lowest BCUT2D eigenvalue weighted by molar-refractivity contribution is -0.120. The van der Waals surface area contributed by atoms with E-state index in [-0.39, 0.29) is 5.91 Å². The molecule has 1 rings (SSSR count). The monoisotopic (exact) mass is 266 g/mol. The average molecular weight is 266 g/mol. The lowest BCUT2D eigenvalue weighted by Crippen LogP contribution is -2.18. The highest BCUT2D eigenvalue weighted by molar-refractivity contribution is 5.75. The Hall–Kier alpha value is -1.75. The van der Waals surface area contributed by atoms with Gasteiger partial charge in [0.2, 0.25) is 5.91 Å². The van der Waals surface area contributed by atoms with Gasteiger partial charge in [0.1, 0.15) is 0 Å². The fraction of sp³-hybridized carbons (Fsp3) is 0.500. The first kappa shape index (κ1) is 15.3. The van der Waals surface area contributed by atoms with Gasteiger partial charge in [-0.25, -0.2) is 0 Å². The van der Waals surface area contributed by atoms with Crippen molar-refractivity contribution in [3.8, 4) is 11.5 Å². The van der Waals surface area contributed by atoms with Crippen molar-refractivity contribution in [3.05, 3.63) is 23.8 Å². The van der Waals surface area contributed by atoms with Crippen molar-refractivity contribution in [1.29, 1.82) is 0 Å². The zero-order valence-corrected chi connectivity index (χ0v) is 11.6. The minimum atomic E-state index is 0.0221. The van der Waals surface area contributed by atoms with Gasteiger partial charge in [0, 0.05) is 13.5 Å². The largest absolute Gasteiger partial charge is 0.493 e. The molecular weight excluding hydrogens is 244 g/mol. The number of methoxy groups -OCH3 is 1. The Morgan fingerprint density at radius 2 is 2.16 bits per heavy atom. The lowest BCUT2D eigenvalue weighted by atomic mass is 10.1. The zero-order chi connectivity index (χ0) is 14.1. The third-order valence-electron chi connectivity index (χ3n) is 2.75. The molecule has 0 saturated carbocycles. The molecule has 0 aromatic heterocycles. The second-order valence-electron chi connectivity index (χ2n) is 4.15. The van der Waals surface area contributed by atoms with Gasteiger partial charge in [-0.3, -0.25) is 4.79 Å². The van der Waals surface area contributed by atoms with Crippen LogP contribution in [0.5, 0.6) is 11.5 Å². The highest BCUT2D eigenvalue weighted by Crippen LogP contribution is 2.28. The van der Waals surface area contributed by atoms with E-state index in [0.717, 1.165) is 12.0 Å². The average Bonchev–Trinajstić information content (AvgIpc) is 2.44. The second-order valence-corrected chi connectivity index (χ2v) is 4.15. The van der Waals surface area contributed by atoms with Gasteiger partial charge in [0.15, 0.2) is 11.5 Å². The molecule has 0 spiro atoms. The Morgan fingerprint density at radius 3 is 2.79 bits per heavy atom. The number of rotatable bonds is 8. The van der Waals surface area contributed by atoms with E-state index >= 15 is 0 Å². The molecule has 106 valence electrons. The van der Waals surface area contributed by atoms with E-state index in [9.17, 15) is 4.79 Å². The van der Waals surface area contributed by atoms with Gasteiger partial charge in [0.05, 0.1) is 13.7 Å². The van der Waals surface area contributed by atoms with Crippen molar-refractivity contribution in [1.82, 2.24) is 5.32 Å². The Morgan fingerprint density at radius 1 is 1.37 bits per heavy atom. The molecule has 5 nitrogen and oxygen atoms in total. The minimum absolute atomic E-state index is 0.0221. The number of carbonyl (C=O) groups excluding carboxylic acids is 1. The van der Waals surface area contributed by atoms with Crippen LogP contribution in [0.25, 0.3) is 0 Å². The summed E-state index contributed by atoms with van der Waals surface area (Å²) in [5.74, 6) is 1.42. The molecule has 1 aromatic carbocycles. The predicted octanol–water partition coefficient (Wildman–Crippen LogP) is 1.10. The van der Waals surface area contributed by atoms with Gasteiger partial charge in [-0.2, -0.15) is 0 Å². The summed E-state index contributed by atoms with van der Waals surface area (Å²) in [5.41, 5.74) is 6.64. The molecule has 0 saturated heterocycles. The van der Waals surface area contributed by atoms with Crippen molar-refractivity contribution in [2.24, 2.45) is 5.73 Å². The molecule has 0 unspecified atom stereocenters. The van der Waals surface area contributed by atoms with Crippen LogP contribution in [0.4, 0.5) is 0 Å². The van der Waals surface area contributed by atoms with E-state index in [4.69, 9.17) is 15.2 Å². The summed E-state index contributed by atoms with van der Waals surface area (Å²) in [4.78, 5) is 11.1. The van der Waals surface area contributed by atoms with Crippen LogP contribution in [0.2, 0.25) is 0 Å². The molecule has 0 aliphatic heterocycles. The first-order valence-corrected chi connectivity index (χ1v) is 6.41. The molecule has 0 aliphatic carbocycles. The quantitative estimate of drug-likeness (QED) is 0.691. The van der Waals surface area contributed by atoms with Crippen molar-refractivity contribution in [2.75, 3.05) is 27.3 Å². The summed E-state index contributed by atoms with van der Waals surface area (Å²) in [7, 11) is 3.24. The molecule has 1 aromatic rings. The number of hydrogen-bond acceptors (Lipinski definition) is 4. The SMILES string of the molecule is CNC(=O)CCCOc1ccc(CCN)cc1OC. The first-order valence-electron chi connectivity index (χ1n) is 6.41. The number of amides is 1. The summed E-state index contributed by atoms with van der Waals surface area (Å²) >= 11 is 0. The lowest BCUT2D eigenvalue weighted by Gasteiger charge is -2.12. The standard InChI is InChI=1S/C14H22N2O3/c1-16-14(17)4-3-9-19-12-6-5-11(7-8-15)10-13(12)18-2/h5-6,10H,3-4,7-9,15H2,1-2H3,(H,16,17). The van der Waals surface area contributed by atoms with Gasteiger partial charge in [-0.15, -0.1) is 0 Å². The third kappa shape index (κ3) is 5.18. The topological polar surface area (TPSA) is 73.6 Å². The van der Waals surface area contributed by atoms with Crippen LogP contribution in [0, 0.1) is 0 Å². The fourth-order valence-electron chi connectivity index (χ4n) is 1.69. The highest BCUT2D eigenvalue weighted by Gasteiger charge is 2.06. The number of nitrogens with two attached hydrogens (primary N) is 1. The van der Waals surface area contributed by atoms with Gasteiger partial charge in [-0.1, -0.05) is 6.07 Å². The predicted molar refractivity (Wildman–Crippen MR) is 74.5 cm³/mol. The van der Waals surface area contributed by atoms with Crippen molar-refractivity contribution in [2.45, 2.75) is 19.3 Å². The van der Waals surface area contributed by atoms with Crippen LogP contribution < -0.4 is 20.5 Å². The smallest absolute Gasteiger partial charge is 0.219 e. The summed E-state index contributed by atoms with van der Waals surface area (Å²) in [5, 5.41) is 2.58. The number of nitrogens with one attached hydrogen (secondary N) is 1. The molecule has 19 heavy (non-hydrogen) atoms. The van der Waals surface area contributed by atoms with Crippen LogP contribution in [0.15, 0.2) is 18.2 Å². The van der Waals surface area contributed by atoms with Gasteiger partial charge in [-0.05, 0) is 37.1 Å². The second kappa shape index (κ2) is 8.37. The Kier molecular flexibility index (Phi) is 6.74. The van der Waals surface area contributed by atoms with Crippen LogP contribution in [0.3, 0.4) is 0 Å². The highest BCUT2D eigenvalue weighted by atomic mass is 16.5. The van der Waals surface area contributed by atoms with Crippen molar-refractivity contribution in [3.63, 3.8) is 0 Å². The normalized spacial score (nSPS) is 10.1. The van der Waals surface area contributed by atoms with Crippen LogP contribution in [0.1, 0.15) is 18.4 Å². The molecule has 1 amide bonds. The van der Waals surface area contributed by atoms with E-state index in [1.165, 1.54) is 0 Å². The molecule has 0 heterocycles. The van der Waals surface area contributed by atoms with E-state index < -0.39 is 0 Å². The van der Waals surface area contributed by atoms with Crippen molar-refractivity contribution < 1.29 is 14.3 Å². The molecule has 0 bridgehead atoms. The third-order valence-corrected chi connectivity index (χ3v) is 2.75. The molecular formula is C14H22N2O3. The number of hydrogen-bond donors (Lipinski definition) is 2. The zero-order valence-electron chi connectivity index (χ0n) is 11.6. The van der Waals surface area contributed by atoms with Gasteiger partial charge >= 0.3 is 0 Å². The van der Waals surface area contributed by atoms with E-state index in [0.29, 0.717) is 37.5 Å². The fourth-order valence-corrected chi connectivity index (χ4v) is 1.69. The number of carbonyl (C=O) groups is 1. The maximum Gasteiger partial charge on any atom is 0.219 e. The summed E-state index contributed by atoms with van der Waals surface area (Å²) in [6.45, 7) is 1.09. The molecule has 0 atom stereocenters. The Balaban J connectivity index is 2.50. The Bertz CT molecular complexity index is 408. The minimum Gasteiger partial charge on any atom is -0.493 e.